The van der Waals surface area contributed by atoms with Gasteiger partial charge in [0.15, 0.2) is 0 Å². The van der Waals surface area contributed by atoms with Crippen molar-refractivity contribution < 1.29 is 0 Å². The van der Waals surface area contributed by atoms with E-state index in [1.807, 2.05) is 11.3 Å². The van der Waals surface area contributed by atoms with Crippen LogP contribution < -0.4 is 5.32 Å². The third kappa shape index (κ3) is 5.85. The molecule has 1 aromatic rings. The maximum Gasteiger partial charge on any atom is 0.0928 e. The Bertz CT molecular complexity index is 312. The molecule has 106 valence electrons. The van der Waals surface area contributed by atoms with E-state index in [0.717, 1.165) is 32.6 Å². The molecule has 18 heavy (non-hydrogen) atoms. The lowest BCUT2D eigenvalue weighted by Crippen LogP contribution is -2.27. The monoisotopic (exact) mass is 311 g/mol. The number of aromatic nitrogens is 1. The number of aryl methyl sites for hydroxylation is 1. The average Bonchev–Trinajstić information content (AvgIpc) is 2.56. The summed E-state index contributed by atoms with van der Waals surface area (Å²) in [4.78, 5) is 7.19. The Labute approximate surface area is 126 Å². The number of hydrogen-bond donors (Lipinski definition) is 1. The van der Waals surface area contributed by atoms with Crippen LogP contribution in [-0.4, -0.2) is 36.1 Å². The summed E-state index contributed by atoms with van der Waals surface area (Å²) in [5.41, 5.74) is 1.26. The molecule has 1 N–H and O–H groups in total. The molecule has 3 nitrogen and oxygen atoms in total. The van der Waals surface area contributed by atoms with Crippen molar-refractivity contribution in [2.24, 2.45) is 0 Å². The van der Waals surface area contributed by atoms with Crippen LogP contribution in [0.15, 0.2) is 5.38 Å². The van der Waals surface area contributed by atoms with Gasteiger partial charge in [-0.25, -0.2) is 4.98 Å². The largest absolute Gasteiger partial charge is 0.315 e. The Hall–Kier alpha value is 0.130. The van der Waals surface area contributed by atoms with Gasteiger partial charge in [-0.2, -0.15) is 0 Å². The van der Waals surface area contributed by atoms with Crippen molar-refractivity contribution in [3.63, 3.8) is 0 Å². The first kappa shape index (κ1) is 18.1. The molecule has 2 rings (SSSR count). The highest BCUT2D eigenvalue weighted by atomic mass is 35.5. The van der Waals surface area contributed by atoms with Crippen LogP contribution in [0.3, 0.4) is 0 Å². The molecule has 0 atom stereocenters. The van der Waals surface area contributed by atoms with E-state index >= 15 is 0 Å². The third-order valence-corrected chi connectivity index (χ3v) is 3.84. The summed E-state index contributed by atoms with van der Waals surface area (Å²) < 4.78 is 0. The Morgan fingerprint density at radius 2 is 2.17 bits per heavy atom. The molecule has 1 fully saturated rings. The zero-order valence-electron chi connectivity index (χ0n) is 10.9. The number of halogens is 2. The van der Waals surface area contributed by atoms with Crippen molar-refractivity contribution in [2.75, 3.05) is 26.2 Å². The maximum absolute atomic E-state index is 4.68. The van der Waals surface area contributed by atoms with Crippen LogP contribution in [0.5, 0.6) is 0 Å². The van der Waals surface area contributed by atoms with Gasteiger partial charge in [-0.05, 0) is 32.4 Å². The van der Waals surface area contributed by atoms with Gasteiger partial charge in [0.25, 0.3) is 0 Å². The van der Waals surface area contributed by atoms with Crippen molar-refractivity contribution in [2.45, 2.75) is 32.7 Å². The van der Waals surface area contributed by atoms with E-state index in [2.05, 4.69) is 27.5 Å². The average molecular weight is 312 g/mol. The zero-order valence-corrected chi connectivity index (χ0v) is 13.3. The first-order chi connectivity index (χ1) is 7.88. The first-order valence-corrected chi connectivity index (χ1v) is 7.13. The highest BCUT2D eigenvalue weighted by molar-refractivity contribution is 7.09. The van der Waals surface area contributed by atoms with Crippen molar-refractivity contribution in [1.29, 1.82) is 0 Å². The fourth-order valence-electron chi connectivity index (χ4n) is 2.04. The van der Waals surface area contributed by atoms with E-state index in [1.165, 1.54) is 30.1 Å². The molecule has 1 aliphatic rings. The van der Waals surface area contributed by atoms with Gasteiger partial charge in [-0.1, -0.05) is 6.92 Å². The van der Waals surface area contributed by atoms with E-state index in [1.54, 1.807) is 0 Å². The quantitative estimate of drug-likeness (QED) is 0.926. The van der Waals surface area contributed by atoms with Crippen molar-refractivity contribution in [3.05, 3.63) is 16.1 Å². The van der Waals surface area contributed by atoms with Gasteiger partial charge in [-0.15, -0.1) is 36.2 Å². The molecule has 0 radical (unpaired) electrons. The van der Waals surface area contributed by atoms with Crippen molar-refractivity contribution in [3.8, 4) is 0 Å². The van der Waals surface area contributed by atoms with Crippen LogP contribution in [0.2, 0.25) is 0 Å². The Balaban J connectivity index is 0.00000144. The molecule has 1 aromatic heterocycles. The summed E-state index contributed by atoms with van der Waals surface area (Å²) >= 11 is 1.81. The minimum absolute atomic E-state index is 0. The number of nitrogens with one attached hydrogen (secondary N) is 1. The van der Waals surface area contributed by atoms with Crippen LogP contribution in [0.1, 0.15) is 30.5 Å². The molecular weight excluding hydrogens is 289 g/mol. The van der Waals surface area contributed by atoms with Gasteiger partial charge in [0, 0.05) is 25.0 Å². The van der Waals surface area contributed by atoms with E-state index in [0.29, 0.717) is 0 Å². The van der Waals surface area contributed by atoms with Crippen LogP contribution >= 0.6 is 36.2 Å². The molecule has 0 aliphatic carbocycles. The molecule has 6 heteroatoms. The lowest BCUT2D eigenvalue weighted by atomic mass is 10.3. The summed E-state index contributed by atoms with van der Waals surface area (Å²) in [5, 5.41) is 6.95. The Morgan fingerprint density at radius 3 is 2.94 bits per heavy atom. The first-order valence-electron chi connectivity index (χ1n) is 6.25. The fourth-order valence-corrected chi connectivity index (χ4v) is 2.93. The summed E-state index contributed by atoms with van der Waals surface area (Å²) in [5.74, 6) is 0. The minimum atomic E-state index is 0. The lowest BCUT2D eigenvalue weighted by Gasteiger charge is -2.17. The predicted molar refractivity (Wildman–Crippen MR) is 83.4 cm³/mol. The van der Waals surface area contributed by atoms with E-state index in [9.17, 15) is 0 Å². The standard InChI is InChI=1S/C12H21N3S.2ClH/c1-2-4-12-14-11(10-16-12)9-15-7-3-5-13-6-8-15;;/h10,13H,2-9H2,1H3;2*1H. The molecular formula is C12H23Cl2N3S. The van der Waals surface area contributed by atoms with Crippen LogP contribution in [0.4, 0.5) is 0 Å². The molecule has 0 amide bonds. The van der Waals surface area contributed by atoms with Crippen molar-refractivity contribution >= 4 is 36.2 Å². The normalized spacial score (nSPS) is 16.5. The predicted octanol–water partition coefficient (Wildman–Crippen LogP) is 2.73. The molecule has 2 heterocycles. The highest BCUT2D eigenvalue weighted by Gasteiger charge is 2.10. The van der Waals surface area contributed by atoms with E-state index < -0.39 is 0 Å². The second kappa shape index (κ2) is 9.98. The summed E-state index contributed by atoms with van der Waals surface area (Å²) in [6.45, 7) is 7.87. The molecule has 0 bridgehead atoms. The molecule has 0 aromatic carbocycles. The molecule has 0 saturated carbocycles. The Kier molecular flexibility index (Phi) is 10.1. The lowest BCUT2D eigenvalue weighted by molar-refractivity contribution is 0.281. The summed E-state index contributed by atoms with van der Waals surface area (Å²) in [6.07, 6.45) is 3.58. The fraction of sp³-hybridized carbons (Fsp3) is 0.750. The molecule has 1 saturated heterocycles. The van der Waals surface area contributed by atoms with Gasteiger partial charge in [0.2, 0.25) is 0 Å². The van der Waals surface area contributed by atoms with Gasteiger partial charge >= 0.3 is 0 Å². The summed E-state index contributed by atoms with van der Waals surface area (Å²) in [6, 6.07) is 0. The van der Waals surface area contributed by atoms with Gasteiger partial charge in [0.05, 0.1) is 10.7 Å². The number of nitrogens with zero attached hydrogens (tertiary/aromatic N) is 2. The maximum atomic E-state index is 4.68. The van der Waals surface area contributed by atoms with E-state index in [4.69, 9.17) is 0 Å². The molecule has 0 spiro atoms. The number of hydrogen-bond acceptors (Lipinski definition) is 4. The second-order valence-electron chi connectivity index (χ2n) is 4.36. The third-order valence-electron chi connectivity index (χ3n) is 2.88. The molecule has 1 aliphatic heterocycles. The van der Waals surface area contributed by atoms with E-state index in [-0.39, 0.29) is 24.8 Å². The number of rotatable bonds is 4. The van der Waals surface area contributed by atoms with Crippen LogP contribution in [-0.2, 0) is 13.0 Å². The second-order valence-corrected chi connectivity index (χ2v) is 5.30. The summed E-state index contributed by atoms with van der Waals surface area (Å²) in [7, 11) is 0. The van der Waals surface area contributed by atoms with Gasteiger partial charge in [0.1, 0.15) is 0 Å². The smallest absolute Gasteiger partial charge is 0.0928 e. The SMILES string of the molecule is CCCc1nc(CN2CCCNCC2)cs1.Cl.Cl. The minimum Gasteiger partial charge on any atom is -0.315 e. The van der Waals surface area contributed by atoms with Gasteiger partial charge < -0.3 is 5.32 Å². The van der Waals surface area contributed by atoms with Crippen LogP contribution in [0.25, 0.3) is 0 Å². The Morgan fingerprint density at radius 1 is 1.33 bits per heavy atom. The van der Waals surface area contributed by atoms with Crippen molar-refractivity contribution in [1.82, 2.24) is 15.2 Å². The highest BCUT2D eigenvalue weighted by Crippen LogP contribution is 2.13. The number of thiazole rings is 1. The molecule has 0 unspecified atom stereocenters. The topological polar surface area (TPSA) is 28.2 Å². The zero-order chi connectivity index (χ0) is 11.2. The van der Waals surface area contributed by atoms with Crippen LogP contribution in [0, 0.1) is 0 Å². The van der Waals surface area contributed by atoms with Gasteiger partial charge in [-0.3, -0.25) is 4.90 Å².